The fraction of sp³-hybridized carbons (Fsp3) is 0.111. The molecule has 13 heavy (non-hydrogen) atoms. The fourth-order valence-corrected chi connectivity index (χ4v) is 1.04. The highest BCUT2D eigenvalue weighted by atomic mass is 35.5. The molecule has 0 unspecified atom stereocenters. The van der Waals surface area contributed by atoms with E-state index in [-0.39, 0.29) is 5.56 Å². The molecular formula is C9H6ClNO2. The van der Waals surface area contributed by atoms with Crippen LogP contribution in [-0.4, -0.2) is 17.5 Å². The smallest absolute Gasteiger partial charge is 0.188 e. The molecule has 1 N–H and O–H groups in total. The maximum Gasteiger partial charge on any atom is 0.188 e. The molecule has 3 nitrogen and oxygen atoms in total. The highest BCUT2D eigenvalue weighted by Gasteiger charge is 2.06. The number of aliphatic hydroxyl groups excluding tert-OH is 1. The molecule has 0 heterocycles. The predicted octanol–water partition coefficient (Wildman–Crippen LogP) is 1.39. The van der Waals surface area contributed by atoms with E-state index in [0.29, 0.717) is 10.6 Å². The van der Waals surface area contributed by atoms with E-state index in [0.717, 1.165) is 0 Å². The van der Waals surface area contributed by atoms with E-state index in [9.17, 15) is 4.79 Å². The maximum absolute atomic E-state index is 11.0. The number of carbonyl (C=O) groups is 1. The number of Topliss-reactive ketones (excluding diaryl/α,β-unsaturated/α-hetero) is 1. The first-order chi connectivity index (χ1) is 6.19. The highest BCUT2D eigenvalue weighted by Crippen LogP contribution is 2.16. The summed E-state index contributed by atoms with van der Waals surface area (Å²) in [5.74, 6) is -0.423. The Bertz CT molecular complexity index is 382. The van der Waals surface area contributed by atoms with E-state index < -0.39 is 12.4 Å². The monoisotopic (exact) mass is 195 g/mol. The third kappa shape index (κ3) is 2.05. The number of nitrogens with zero attached hydrogens (tertiary/aromatic N) is 1. The van der Waals surface area contributed by atoms with E-state index in [1.54, 1.807) is 0 Å². The summed E-state index contributed by atoms with van der Waals surface area (Å²) in [5.41, 5.74) is 0.532. The summed E-state index contributed by atoms with van der Waals surface area (Å²) in [5, 5.41) is 17.4. The van der Waals surface area contributed by atoms with Gasteiger partial charge in [-0.2, -0.15) is 5.26 Å². The molecule has 0 fully saturated rings. The summed E-state index contributed by atoms with van der Waals surface area (Å²) in [4.78, 5) is 11.0. The van der Waals surface area contributed by atoms with Gasteiger partial charge in [0.25, 0.3) is 0 Å². The molecular weight excluding hydrogens is 190 g/mol. The van der Waals surface area contributed by atoms with Crippen molar-refractivity contribution in [3.05, 3.63) is 34.3 Å². The summed E-state index contributed by atoms with van der Waals surface area (Å²) >= 11 is 5.65. The Kier molecular flexibility index (Phi) is 3.02. The summed E-state index contributed by atoms with van der Waals surface area (Å²) in [7, 11) is 0. The lowest BCUT2D eigenvalue weighted by Crippen LogP contribution is -2.04. The average molecular weight is 196 g/mol. The molecule has 1 aromatic carbocycles. The Morgan fingerprint density at radius 1 is 1.62 bits per heavy atom. The normalized spacial score (nSPS) is 9.31. The molecule has 0 atom stereocenters. The molecule has 1 aromatic rings. The first-order valence-electron chi connectivity index (χ1n) is 3.52. The van der Waals surface area contributed by atoms with Gasteiger partial charge in [0, 0.05) is 5.56 Å². The number of hydrogen-bond donors (Lipinski definition) is 1. The van der Waals surface area contributed by atoms with Crippen molar-refractivity contribution in [2.24, 2.45) is 0 Å². The minimum Gasteiger partial charge on any atom is -0.388 e. The summed E-state index contributed by atoms with van der Waals surface area (Å²) in [6.07, 6.45) is 0. The second-order valence-corrected chi connectivity index (χ2v) is 2.79. The largest absolute Gasteiger partial charge is 0.388 e. The van der Waals surface area contributed by atoms with Gasteiger partial charge in [-0.15, -0.1) is 0 Å². The Hall–Kier alpha value is -1.37. The van der Waals surface area contributed by atoms with Gasteiger partial charge in [0.15, 0.2) is 5.78 Å². The molecule has 0 aromatic heterocycles. The zero-order chi connectivity index (χ0) is 9.84. The molecule has 0 spiro atoms. The van der Waals surface area contributed by atoms with Gasteiger partial charge in [0.05, 0.1) is 10.6 Å². The van der Waals surface area contributed by atoms with Crippen molar-refractivity contribution >= 4 is 17.4 Å². The van der Waals surface area contributed by atoms with Crippen LogP contribution in [0.2, 0.25) is 5.02 Å². The summed E-state index contributed by atoms with van der Waals surface area (Å²) in [6, 6.07) is 6.15. The van der Waals surface area contributed by atoms with Crippen molar-refractivity contribution in [2.45, 2.75) is 0 Å². The zero-order valence-corrected chi connectivity index (χ0v) is 7.38. The van der Waals surface area contributed by atoms with E-state index in [1.165, 1.54) is 18.2 Å². The fourth-order valence-electron chi connectivity index (χ4n) is 0.876. The predicted molar refractivity (Wildman–Crippen MR) is 47.6 cm³/mol. The van der Waals surface area contributed by atoms with E-state index in [1.807, 2.05) is 6.07 Å². The number of aliphatic hydroxyl groups is 1. The molecule has 66 valence electrons. The van der Waals surface area contributed by atoms with Crippen LogP contribution in [0.25, 0.3) is 0 Å². The zero-order valence-electron chi connectivity index (χ0n) is 6.62. The first kappa shape index (κ1) is 9.72. The van der Waals surface area contributed by atoms with Crippen LogP contribution in [-0.2, 0) is 0 Å². The van der Waals surface area contributed by atoms with Gasteiger partial charge < -0.3 is 5.11 Å². The number of hydrogen-bond acceptors (Lipinski definition) is 3. The van der Waals surface area contributed by atoms with Gasteiger partial charge in [-0.1, -0.05) is 11.6 Å². The van der Waals surface area contributed by atoms with Crippen molar-refractivity contribution in [3.8, 4) is 6.07 Å². The van der Waals surface area contributed by atoms with Gasteiger partial charge in [-0.25, -0.2) is 0 Å². The van der Waals surface area contributed by atoms with Crippen LogP contribution >= 0.6 is 11.6 Å². The van der Waals surface area contributed by atoms with Gasteiger partial charge in [-0.05, 0) is 18.2 Å². The number of carbonyl (C=O) groups excluding carboxylic acids is 1. The van der Waals surface area contributed by atoms with Crippen LogP contribution in [0.5, 0.6) is 0 Å². The number of nitriles is 1. The molecule has 1 rings (SSSR count). The van der Waals surface area contributed by atoms with Crippen LogP contribution < -0.4 is 0 Å². The van der Waals surface area contributed by atoms with Gasteiger partial charge in [-0.3, -0.25) is 4.79 Å². The minimum absolute atomic E-state index is 0.237. The second-order valence-electron chi connectivity index (χ2n) is 2.39. The van der Waals surface area contributed by atoms with Gasteiger partial charge in [0.1, 0.15) is 12.7 Å². The highest BCUT2D eigenvalue weighted by molar-refractivity contribution is 6.31. The van der Waals surface area contributed by atoms with E-state index in [2.05, 4.69) is 0 Å². The lowest BCUT2D eigenvalue weighted by atomic mass is 10.1. The van der Waals surface area contributed by atoms with Crippen LogP contribution in [0.4, 0.5) is 0 Å². The molecule has 0 bridgehead atoms. The molecule has 0 saturated heterocycles. The Balaban J connectivity index is 3.15. The topological polar surface area (TPSA) is 61.1 Å². The van der Waals surface area contributed by atoms with Gasteiger partial charge >= 0.3 is 0 Å². The van der Waals surface area contributed by atoms with Crippen LogP contribution in [0.1, 0.15) is 15.9 Å². The number of benzene rings is 1. The van der Waals surface area contributed by atoms with Crippen molar-refractivity contribution in [3.63, 3.8) is 0 Å². The van der Waals surface area contributed by atoms with Crippen molar-refractivity contribution in [1.29, 1.82) is 5.26 Å². The third-order valence-electron chi connectivity index (χ3n) is 1.55. The molecule has 0 amide bonds. The molecule has 0 aliphatic heterocycles. The summed E-state index contributed by atoms with van der Waals surface area (Å²) in [6.45, 7) is -0.563. The van der Waals surface area contributed by atoms with Crippen LogP contribution in [0, 0.1) is 11.3 Å². The first-order valence-corrected chi connectivity index (χ1v) is 3.90. The number of rotatable bonds is 2. The Morgan fingerprint density at radius 3 is 2.85 bits per heavy atom. The molecule has 4 heteroatoms. The summed E-state index contributed by atoms with van der Waals surface area (Å²) < 4.78 is 0. The quantitative estimate of drug-likeness (QED) is 0.726. The Morgan fingerprint density at radius 2 is 2.31 bits per heavy atom. The van der Waals surface area contributed by atoms with Crippen LogP contribution in [0.3, 0.4) is 0 Å². The van der Waals surface area contributed by atoms with Crippen molar-refractivity contribution < 1.29 is 9.90 Å². The second kappa shape index (κ2) is 4.04. The molecule has 0 saturated carbocycles. The molecule has 0 aliphatic carbocycles. The van der Waals surface area contributed by atoms with Crippen molar-refractivity contribution in [2.75, 3.05) is 6.61 Å². The van der Waals surface area contributed by atoms with Crippen molar-refractivity contribution in [1.82, 2.24) is 0 Å². The van der Waals surface area contributed by atoms with Gasteiger partial charge in [0.2, 0.25) is 0 Å². The lowest BCUT2D eigenvalue weighted by molar-refractivity contribution is 0.0903. The molecule has 0 radical (unpaired) electrons. The number of ketones is 1. The average Bonchev–Trinajstić information content (AvgIpc) is 2.17. The van der Waals surface area contributed by atoms with Crippen LogP contribution in [0.15, 0.2) is 18.2 Å². The lowest BCUT2D eigenvalue weighted by Gasteiger charge is -1.98. The van der Waals surface area contributed by atoms with E-state index >= 15 is 0 Å². The standard InChI is InChI=1S/C9H6ClNO2/c10-8-2-1-6(9(13)5-12)3-7(8)4-11/h1-3,12H,5H2. The van der Waals surface area contributed by atoms with E-state index in [4.69, 9.17) is 22.0 Å². The SMILES string of the molecule is N#Cc1cc(C(=O)CO)ccc1Cl. The third-order valence-corrected chi connectivity index (χ3v) is 1.88. The Labute approximate surface area is 80.2 Å². The minimum atomic E-state index is -0.563. The maximum atomic E-state index is 11.0. The number of halogens is 1. The molecule has 0 aliphatic rings.